The Morgan fingerprint density at radius 2 is 2.19 bits per heavy atom. The first-order valence-electron chi connectivity index (χ1n) is 4.00. The van der Waals surface area contributed by atoms with Gasteiger partial charge in [-0.2, -0.15) is 10.3 Å². The molecule has 0 aliphatic heterocycles. The van der Waals surface area contributed by atoms with Gasteiger partial charge in [-0.1, -0.05) is 0 Å². The van der Waals surface area contributed by atoms with E-state index < -0.39 is 11.9 Å². The number of rotatable bonds is 3. The molecule has 0 saturated heterocycles. The highest BCUT2D eigenvalue weighted by atomic mass is 16.4. The van der Waals surface area contributed by atoms with Crippen LogP contribution >= 0.6 is 0 Å². The molecule has 0 bridgehead atoms. The van der Waals surface area contributed by atoms with Gasteiger partial charge in [-0.25, -0.2) is 4.79 Å². The molecule has 2 aromatic rings. The Kier molecular flexibility index (Phi) is 2.30. The van der Waals surface area contributed by atoms with Crippen LogP contribution in [0.2, 0.25) is 0 Å². The Morgan fingerprint density at radius 3 is 2.75 bits per heavy atom. The molecule has 10 heteroatoms. The lowest BCUT2D eigenvalue weighted by Gasteiger charge is -1.94. The number of tetrazole rings is 1. The Labute approximate surface area is 87.1 Å². The van der Waals surface area contributed by atoms with Crippen LogP contribution in [0.4, 0.5) is 5.82 Å². The van der Waals surface area contributed by atoms with E-state index in [4.69, 9.17) is 5.11 Å². The van der Waals surface area contributed by atoms with E-state index in [0.29, 0.717) is 0 Å². The molecule has 0 radical (unpaired) electrons. The van der Waals surface area contributed by atoms with Crippen LogP contribution < -0.4 is 5.32 Å². The van der Waals surface area contributed by atoms with Crippen molar-refractivity contribution in [2.24, 2.45) is 0 Å². The number of hydrogen-bond donors (Lipinski definition) is 4. The number of hydrogen-bond acceptors (Lipinski definition) is 6. The zero-order chi connectivity index (χ0) is 11.5. The van der Waals surface area contributed by atoms with Crippen molar-refractivity contribution in [3.05, 3.63) is 17.6 Å². The number of carboxylic acid groups (broad SMARTS) is 1. The van der Waals surface area contributed by atoms with Crippen molar-refractivity contribution in [2.75, 3.05) is 5.32 Å². The quantitative estimate of drug-likeness (QED) is 0.514. The molecule has 0 spiro atoms. The highest BCUT2D eigenvalue weighted by Crippen LogP contribution is 2.05. The standard InChI is InChI=1S/C6H5N7O3/c14-5(4-10-12-13-11-4)7-3-1-2(6(15)16)8-9-3/h1H,(H,15,16)(H2,7,8,9,14)(H,10,11,12,13). The molecule has 2 heterocycles. The van der Waals surface area contributed by atoms with Gasteiger partial charge in [-0.3, -0.25) is 9.89 Å². The number of nitrogens with zero attached hydrogens (tertiary/aromatic N) is 4. The van der Waals surface area contributed by atoms with E-state index in [1.54, 1.807) is 0 Å². The summed E-state index contributed by atoms with van der Waals surface area (Å²) < 4.78 is 0. The van der Waals surface area contributed by atoms with Crippen LogP contribution in [0.3, 0.4) is 0 Å². The first kappa shape index (κ1) is 9.76. The number of carbonyl (C=O) groups is 2. The Morgan fingerprint density at radius 1 is 1.38 bits per heavy atom. The van der Waals surface area contributed by atoms with Gasteiger partial charge in [0.25, 0.3) is 11.7 Å². The minimum Gasteiger partial charge on any atom is -0.477 e. The SMILES string of the molecule is O=C(Nc1cc(C(=O)O)[nH]n1)c1nn[nH]n1. The molecule has 16 heavy (non-hydrogen) atoms. The molecule has 0 saturated carbocycles. The van der Waals surface area contributed by atoms with Gasteiger partial charge in [0, 0.05) is 6.07 Å². The summed E-state index contributed by atoms with van der Waals surface area (Å²) in [5.41, 5.74) is -0.136. The molecule has 0 unspecified atom stereocenters. The first-order valence-corrected chi connectivity index (χ1v) is 4.00. The van der Waals surface area contributed by atoms with E-state index in [1.165, 1.54) is 6.07 Å². The Balaban J connectivity index is 2.09. The zero-order valence-corrected chi connectivity index (χ0v) is 7.63. The summed E-state index contributed by atoms with van der Waals surface area (Å²) in [5, 5.41) is 28.9. The molecule has 2 aromatic heterocycles. The second-order valence-corrected chi connectivity index (χ2v) is 2.66. The van der Waals surface area contributed by atoms with Gasteiger partial charge in [0.2, 0.25) is 0 Å². The van der Waals surface area contributed by atoms with Crippen molar-refractivity contribution >= 4 is 17.7 Å². The third-order valence-corrected chi connectivity index (χ3v) is 1.60. The lowest BCUT2D eigenvalue weighted by Crippen LogP contribution is -2.14. The molecule has 0 fully saturated rings. The molecule has 0 aliphatic carbocycles. The predicted molar refractivity (Wildman–Crippen MR) is 47.7 cm³/mol. The number of anilines is 1. The predicted octanol–water partition coefficient (Wildman–Crippen LogP) is -1.13. The monoisotopic (exact) mass is 223 g/mol. The number of amides is 1. The van der Waals surface area contributed by atoms with Crippen LogP contribution in [0.5, 0.6) is 0 Å². The summed E-state index contributed by atoms with van der Waals surface area (Å²) >= 11 is 0. The third-order valence-electron chi connectivity index (χ3n) is 1.60. The second-order valence-electron chi connectivity index (χ2n) is 2.66. The fourth-order valence-corrected chi connectivity index (χ4v) is 0.926. The summed E-state index contributed by atoms with van der Waals surface area (Å²) in [6.45, 7) is 0. The van der Waals surface area contributed by atoms with E-state index >= 15 is 0 Å². The number of aromatic nitrogens is 6. The molecule has 4 N–H and O–H groups in total. The van der Waals surface area contributed by atoms with Crippen LogP contribution in [0.1, 0.15) is 21.1 Å². The highest BCUT2D eigenvalue weighted by Gasteiger charge is 2.14. The third kappa shape index (κ3) is 1.84. The average Bonchev–Trinajstić information content (AvgIpc) is 2.87. The van der Waals surface area contributed by atoms with Crippen molar-refractivity contribution in [3.63, 3.8) is 0 Å². The van der Waals surface area contributed by atoms with Crippen molar-refractivity contribution < 1.29 is 14.7 Å². The molecule has 0 aliphatic rings. The molecule has 82 valence electrons. The average molecular weight is 223 g/mol. The first-order chi connectivity index (χ1) is 7.66. The lowest BCUT2D eigenvalue weighted by atomic mass is 10.4. The molecule has 1 amide bonds. The summed E-state index contributed by atoms with van der Waals surface area (Å²) in [4.78, 5) is 21.9. The highest BCUT2D eigenvalue weighted by molar-refractivity contribution is 6.01. The topological polar surface area (TPSA) is 150 Å². The van der Waals surface area contributed by atoms with E-state index in [-0.39, 0.29) is 17.3 Å². The summed E-state index contributed by atoms with van der Waals surface area (Å²) in [6.07, 6.45) is 0. The number of carbonyl (C=O) groups excluding carboxylic acids is 1. The molecular formula is C6H5N7O3. The van der Waals surface area contributed by atoms with Gasteiger partial charge in [0.05, 0.1) is 0 Å². The normalized spacial score (nSPS) is 10.0. The van der Waals surface area contributed by atoms with Gasteiger partial charge >= 0.3 is 5.97 Å². The molecule has 0 aromatic carbocycles. The van der Waals surface area contributed by atoms with Gasteiger partial charge < -0.3 is 10.4 Å². The maximum Gasteiger partial charge on any atom is 0.353 e. The number of aromatic carboxylic acids is 1. The number of H-pyrrole nitrogens is 2. The van der Waals surface area contributed by atoms with Crippen molar-refractivity contribution in [3.8, 4) is 0 Å². The van der Waals surface area contributed by atoms with Gasteiger partial charge in [0.1, 0.15) is 5.69 Å². The summed E-state index contributed by atoms with van der Waals surface area (Å²) in [5.74, 6) is -1.92. The van der Waals surface area contributed by atoms with Crippen LogP contribution in [0.15, 0.2) is 6.07 Å². The van der Waals surface area contributed by atoms with E-state index in [2.05, 4.69) is 36.1 Å². The van der Waals surface area contributed by atoms with Crippen LogP contribution in [-0.4, -0.2) is 47.8 Å². The molecule has 0 atom stereocenters. The fraction of sp³-hybridized carbons (Fsp3) is 0. The lowest BCUT2D eigenvalue weighted by molar-refractivity contribution is 0.0690. The van der Waals surface area contributed by atoms with Crippen molar-refractivity contribution in [2.45, 2.75) is 0 Å². The summed E-state index contributed by atoms with van der Waals surface area (Å²) in [7, 11) is 0. The Hall–Kier alpha value is -2.78. The Bertz CT molecular complexity index is 516. The smallest absolute Gasteiger partial charge is 0.353 e. The van der Waals surface area contributed by atoms with Gasteiger partial charge in [0.15, 0.2) is 5.82 Å². The van der Waals surface area contributed by atoms with E-state index in [9.17, 15) is 9.59 Å². The largest absolute Gasteiger partial charge is 0.477 e. The molecule has 10 nitrogen and oxygen atoms in total. The number of nitrogens with one attached hydrogen (secondary N) is 3. The van der Waals surface area contributed by atoms with Gasteiger partial charge in [-0.05, 0) is 5.21 Å². The maximum absolute atomic E-state index is 11.4. The molecular weight excluding hydrogens is 218 g/mol. The van der Waals surface area contributed by atoms with Gasteiger partial charge in [-0.15, -0.1) is 10.2 Å². The van der Waals surface area contributed by atoms with Crippen molar-refractivity contribution in [1.82, 2.24) is 30.8 Å². The van der Waals surface area contributed by atoms with Crippen LogP contribution in [-0.2, 0) is 0 Å². The summed E-state index contributed by atoms with van der Waals surface area (Å²) in [6, 6.07) is 1.17. The molecule has 2 rings (SSSR count). The number of carboxylic acids is 1. The zero-order valence-electron chi connectivity index (χ0n) is 7.63. The fourth-order valence-electron chi connectivity index (χ4n) is 0.926. The maximum atomic E-state index is 11.4. The van der Waals surface area contributed by atoms with E-state index in [1.807, 2.05) is 0 Å². The minimum absolute atomic E-state index is 0.0622. The van der Waals surface area contributed by atoms with Crippen LogP contribution in [0.25, 0.3) is 0 Å². The minimum atomic E-state index is -1.17. The second kappa shape index (κ2) is 3.76. The van der Waals surface area contributed by atoms with Crippen molar-refractivity contribution in [1.29, 1.82) is 0 Å². The number of aromatic amines is 2. The van der Waals surface area contributed by atoms with E-state index in [0.717, 1.165) is 0 Å². The van der Waals surface area contributed by atoms with Crippen LogP contribution in [0, 0.1) is 0 Å².